The number of aromatic nitrogens is 2. The number of hydrogen-bond acceptors (Lipinski definition) is 3. The molecule has 0 saturated carbocycles. The van der Waals surface area contributed by atoms with Crippen molar-refractivity contribution in [2.75, 3.05) is 12.4 Å². The van der Waals surface area contributed by atoms with Crippen LogP contribution in [0.2, 0.25) is 0 Å². The Kier molecular flexibility index (Phi) is 3.28. The Balaban J connectivity index is 1.79. The lowest BCUT2D eigenvalue weighted by Crippen LogP contribution is -1.94. The molecule has 1 aromatic carbocycles. The molecule has 0 aliphatic carbocycles. The van der Waals surface area contributed by atoms with Gasteiger partial charge in [0, 0.05) is 24.1 Å². The molecule has 0 spiro atoms. The molecule has 0 amide bonds. The predicted octanol–water partition coefficient (Wildman–Crippen LogP) is 3.26. The predicted molar refractivity (Wildman–Crippen MR) is 73.9 cm³/mol. The Morgan fingerprint density at radius 1 is 1.33 bits per heavy atom. The molecule has 18 heavy (non-hydrogen) atoms. The first-order chi connectivity index (χ1) is 8.86. The van der Waals surface area contributed by atoms with Gasteiger partial charge in [0.05, 0.1) is 12.3 Å². The van der Waals surface area contributed by atoms with Crippen molar-refractivity contribution in [1.29, 1.82) is 0 Å². The largest absolute Gasteiger partial charge is 0.494 e. The highest BCUT2D eigenvalue weighted by atomic mass is 32.2. The molecular weight excluding hydrogens is 244 g/mol. The number of rotatable bonds is 4. The first-order valence-corrected chi connectivity index (χ1v) is 7.08. The van der Waals surface area contributed by atoms with Crippen molar-refractivity contribution in [2.24, 2.45) is 0 Å². The molecule has 1 aliphatic heterocycles. The minimum absolute atomic E-state index is 0.661. The van der Waals surface area contributed by atoms with Crippen LogP contribution in [-0.2, 0) is 6.54 Å². The van der Waals surface area contributed by atoms with Crippen LogP contribution in [0, 0.1) is 6.92 Å². The van der Waals surface area contributed by atoms with Gasteiger partial charge in [0.1, 0.15) is 5.75 Å². The second kappa shape index (κ2) is 5.06. The zero-order chi connectivity index (χ0) is 12.4. The molecular formula is C14H15N2OS. The quantitative estimate of drug-likeness (QED) is 0.843. The van der Waals surface area contributed by atoms with E-state index in [2.05, 4.69) is 34.8 Å². The van der Waals surface area contributed by atoms with E-state index in [0.717, 1.165) is 40.9 Å². The first-order valence-electron chi connectivity index (χ1n) is 6.09. The summed E-state index contributed by atoms with van der Waals surface area (Å²) in [4.78, 5) is 4.63. The van der Waals surface area contributed by atoms with Crippen LogP contribution in [0.25, 0.3) is 11.3 Å². The van der Waals surface area contributed by atoms with Crippen molar-refractivity contribution in [3.8, 4) is 17.0 Å². The summed E-state index contributed by atoms with van der Waals surface area (Å²) in [5.74, 6) is 2.03. The lowest BCUT2D eigenvalue weighted by molar-refractivity contribution is 0.324. The monoisotopic (exact) mass is 259 g/mol. The summed E-state index contributed by atoms with van der Waals surface area (Å²) in [6, 6.07) is 8.09. The van der Waals surface area contributed by atoms with Gasteiger partial charge in [-0.25, -0.2) is 4.98 Å². The van der Waals surface area contributed by atoms with Gasteiger partial charge in [0.15, 0.2) is 5.16 Å². The summed E-state index contributed by atoms with van der Waals surface area (Å²) in [5.41, 5.74) is 2.18. The van der Waals surface area contributed by atoms with E-state index in [-0.39, 0.29) is 0 Å². The van der Waals surface area contributed by atoms with E-state index in [1.807, 2.05) is 23.9 Å². The zero-order valence-corrected chi connectivity index (χ0v) is 10.9. The van der Waals surface area contributed by atoms with Gasteiger partial charge in [-0.15, -0.1) is 0 Å². The summed E-state index contributed by atoms with van der Waals surface area (Å²) < 4.78 is 7.73. The Morgan fingerprint density at radius 2 is 2.17 bits per heavy atom. The van der Waals surface area contributed by atoms with E-state index in [4.69, 9.17) is 4.74 Å². The maximum absolute atomic E-state index is 5.52. The highest BCUT2D eigenvalue weighted by molar-refractivity contribution is 7.99. The Morgan fingerprint density at radius 3 is 2.89 bits per heavy atom. The number of hydrogen-bond donors (Lipinski definition) is 0. The summed E-state index contributed by atoms with van der Waals surface area (Å²) >= 11 is 1.82. The highest BCUT2D eigenvalue weighted by Gasteiger charge is 2.14. The van der Waals surface area contributed by atoms with Crippen LogP contribution in [0.4, 0.5) is 0 Å². The van der Waals surface area contributed by atoms with Crippen LogP contribution in [0.3, 0.4) is 0 Å². The average molecular weight is 259 g/mol. The Hall–Kier alpha value is -1.42. The number of aryl methyl sites for hydroxylation is 1. The van der Waals surface area contributed by atoms with E-state index in [9.17, 15) is 0 Å². The highest BCUT2D eigenvalue weighted by Crippen LogP contribution is 2.29. The van der Waals surface area contributed by atoms with Gasteiger partial charge in [0.2, 0.25) is 0 Å². The third kappa shape index (κ3) is 2.25. The number of ether oxygens (including phenoxy) is 1. The zero-order valence-electron chi connectivity index (χ0n) is 10.1. The van der Waals surface area contributed by atoms with Gasteiger partial charge in [-0.3, -0.25) is 0 Å². The molecule has 2 aromatic rings. The molecule has 3 rings (SSSR count). The van der Waals surface area contributed by atoms with Crippen molar-refractivity contribution in [2.45, 2.75) is 18.1 Å². The van der Waals surface area contributed by atoms with Crippen molar-refractivity contribution >= 4 is 11.8 Å². The molecule has 1 aliphatic rings. The van der Waals surface area contributed by atoms with Gasteiger partial charge in [-0.2, -0.15) is 0 Å². The normalized spacial score (nSPS) is 13.6. The van der Waals surface area contributed by atoms with Crippen LogP contribution >= 0.6 is 11.8 Å². The standard InChI is InChI=1S/C14H15N2OS/c1-2-8-17-12-5-3-11(4-6-12)13-10-16-7-9-18-14(16)15-13/h3-6,10H,1-2,7-9H2. The molecule has 0 fully saturated rings. The third-order valence-electron chi connectivity index (χ3n) is 2.87. The number of thioether (sulfide) groups is 1. The summed E-state index contributed by atoms with van der Waals surface area (Å²) in [6.07, 6.45) is 2.91. The molecule has 3 nitrogen and oxygen atoms in total. The molecule has 2 heterocycles. The fraction of sp³-hybridized carbons (Fsp3) is 0.286. The second-order valence-corrected chi connectivity index (χ2v) is 5.24. The van der Waals surface area contributed by atoms with Gasteiger partial charge in [-0.05, 0) is 37.6 Å². The van der Waals surface area contributed by atoms with Gasteiger partial charge >= 0.3 is 0 Å². The lowest BCUT2D eigenvalue weighted by atomic mass is 10.2. The minimum Gasteiger partial charge on any atom is -0.494 e. The van der Waals surface area contributed by atoms with Crippen LogP contribution in [0.15, 0.2) is 35.6 Å². The van der Waals surface area contributed by atoms with Crippen molar-refractivity contribution in [3.63, 3.8) is 0 Å². The SMILES string of the molecule is [CH2]CCOc1ccc(-c2cn3c(n2)SCC3)cc1. The molecule has 1 radical (unpaired) electrons. The number of fused-ring (bicyclic) bond motifs is 1. The van der Waals surface area contributed by atoms with Crippen molar-refractivity contribution in [1.82, 2.24) is 9.55 Å². The van der Waals surface area contributed by atoms with Crippen LogP contribution in [0.5, 0.6) is 5.75 Å². The fourth-order valence-corrected chi connectivity index (χ4v) is 2.90. The summed E-state index contributed by atoms with van der Waals surface area (Å²) in [6.45, 7) is 5.48. The fourth-order valence-electron chi connectivity index (χ4n) is 1.96. The summed E-state index contributed by atoms with van der Waals surface area (Å²) in [5, 5.41) is 1.13. The topological polar surface area (TPSA) is 27.1 Å². The van der Waals surface area contributed by atoms with Crippen molar-refractivity contribution < 1.29 is 4.74 Å². The Labute approximate surface area is 111 Å². The molecule has 0 saturated heterocycles. The van der Waals surface area contributed by atoms with E-state index in [0.29, 0.717) is 6.61 Å². The van der Waals surface area contributed by atoms with Gasteiger partial charge in [0.25, 0.3) is 0 Å². The second-order valence-electron chi connectivity index (χ2n) is 4.18. The molecule has 93 valence electrons. The molecule has 0 N–H and O–H groups in total. The Bertz CT molecular complexity index is 512. The number of nitrogens with zero attached hydrogens (tertiary/aromatic N) is 2. The summed E-state index contributed by atoms with van der Waals surface area (Å²) in [7, 11) is 0. The van der Waals surface area contributed by atoms with Gasteiger partial charge in [-0.1, -0.05) is 11.8 Å². The molecule has 0 unspecified atom stereocenters. The van der Waals surface area contributed by atoms with E-state index < -0.39 is 0 Å². The minimum atomic E-state index is 0.661. The lowest BCUT2D eigenvalue weighted by Gasteiger charge is -2.04. The molecule has 0 bridgehead atoms. The maximum atomic E-state index is 5.52. The van der Waals surface area contributed by atoms with Crippen LogP contribution in [-0.4, -0.2) is 21.9 Å². The van der Waals surface area contributed by atoms with Crippen molar-refractivity contribution in [3.05, 3.63) is 37.4 Å². The number of imidazole rings is 1. The number of benzene rings is 1. The average Bonchev–Trinajstić information content (AvgIpc) is 2.97. The van der Waals surface area contributed by atoms with E-state index in [1.165, 1.54) is 0 Å². The maximum Gasteiger partial charge on any atom is 0.168 e. The first kappa shape index (κ1) is 11.7. The van der Waals surface area contributed by atoms with Gasteiger partial charge < -0.3 is 9.30 Å². The molecule has 1 aromatic heterocycles. The van der Waals surface area contributed by atoms with E-state index >= 15 is 0 Å². The van der Waals surface area contributed by atoms with E-state index in [1.54, 1.807) is 0 Å². The van der Waals surface area contributed by atoms with Crippen LogP contribution < -0.4 is 4.74 Å². The molecule has 0 atom stereocenters. The van der Waals surface area contributed by atoms with Crippen LogP contribution in [0.1, 0.15) is 6.42 Å². The third-order valence-corrected chi connectivity index (χ3v) is 3.84. The smallest absolute Gasteiger partial charge is 0.168 e. The molecule has 4 heteroatoms.